The fourth-order valence-corrected chi connectivity index (χ4v) is 36.1. The van der Waals surface area contributed by atoms with Crippen LogP contribution in [0.3, 0.4) is 0 Å². The van der Waals surface area contributed by atoms with Gasteiger partial charge in [-0.25, -0.2) is 0 Å². The van der Waals surface area contributed by atoms with Crippen molar-refractivity contribution in [2.75, 3.05) is 0 Å². The first-order chi connectivity index (χ1) is 62.6. The van der Waals surface area contributed by atoms with Crippen molar-refractivity contribution in [2.45, 2.75) is 465 Å². The third-order valence-corrected chi connectivity index (χ3v) is 42.2. The molecule has 0 N–H and O–H groups in total. The van der Waals surface area contributed by atoms with Crippen molar-refractivity contribution in [3.63, 3.8) is 0 Å². The molecular weight excluding hydrogens is 1670 g/mol. The molecule has 132 heavy (non-hydrogen) atoms. The van der Waals surface area contributed by atoms with Gasteiger partial charge in [0, 0.05) is 0 Å². The third kappa shape index (κ3) is 18.4. The molecule has 20 aliphatic carbocycles. The number of carbonyl (C=O) groups excluding carboxylic acids is 10. The van der Waals surface area contributed by atoms with Crippen LogP contribution >= 0.6 is 0 Å². The lowest BCUT2D eigenvalue weighted by atomic mass is 9.56. The molecule has 0 aromatic heterocycles. The summed E-state index contributed by atoms with van der Waals surface area (Å²) in [6.07, 6.45) is 30.5. The lowest BCUT2D eigenvalue weighted by Gasteiger charge is -2.48. The maximum atomic E-state index is 17.4. The van der Waals surface area contributed by atoms with E-state index in [2.05, 4.69) is 0 Å². The Morgan fingerprint density at radius 1 is 0.167 bits per heavy atom. The van der Waals surface area contributed by atoms with Crippen molar-refractivity contribution in [1.82, 2.24) is 0 Å². The average Bonchev–Trinajstić information content (AvgIpc) is 1.06. The van der Waals surface area contributed by atoms with Gasteiger partial charge in [0.05, 0.1) is 54.1 Å². The van der Waals surface area contributed by atoms with Crippen LogP contribution in [0.25, 0.3) is 0 Å². The average molecular weight is 1830 g/mol. The summed E-state index contributed by atoms with van der Waals surface area (Å²) in [6.45, 7) is 22.3. The number of fused-ring (bicyclic) bond motifs is 20. The molecule has 20 heteroatoms. The summed E-state index contributed by atoms with van der Waals surface area (Å²) in [5, 5.41) is 0. The molecule has 0 radical (unpaired) electrons. The van der Waals surface area contributed by atoms with E-state index in [-0.39, 0.29) is 147 Å². The first-order valence-electron chi connectivity index (χ1n) is 54.7. The van der Waals surface area contributed by atoms with Gasteiger partial charge in [-0.3, -0.25) is 47.9 Å². The van der Waals surface area contributed by atoms with Gasteiger partial charge >= 0.3 is 59.7 Å². The third-order valence-electron chi connectivity index (χ3n) is 42.2. The molecule has 20 fully saturated rings. The van der Waals surface area contributed by atoms with Crippen LogP contribution in [0.4, 0.5) is 0 Å². The predicted octanol–water partition coefficient (Wildman–Crippen LogP) is 22.3. The number of esters is 10. The highest BCUT2D eigenvalue weighted by molar-refractivity contribution is 5.88. The Hall–Kier alpha value is -5.30. The Morgan fingerprint density at radius 3 is 0.409 bits per heavy atom. The Kier molecular flexibility index (Phi) is 25.4. The topological polar surface area (TPSA) is 263 Å². The number of hydrogen-bond acceptors (Lipinski definition) is 20. The molecule has 20 saturated carbocycles. The smallest absolute Gasteiger partial charge is 0.312 e. The van der Waals surface area contributed by atoms with Crippen LogP contribution < -0.4 is 0 Å². The zero-order valence-corrected chi connectivity index (χ0v) is 82.8. The molecule has 20 rings (SSSR count). The molecule has 39 unspecified atom stereocenters. The normalized spacial score (nSPS) is 42.0. The molecule has 20 nitrogen and oxygen atoms in total. The van der Waals surface area contributed by atoms with E-state index in [4.69, 9.17) is 47.4 Å². The number of ether oxygens (including phenoxy) is 10. The van der Waals surface area contributed by atoms with E-state index in [1.165, 1.54) is 0 Å². The minimum atomic E-state index is -1.89. The molecule has 0 spiro atoms. The SMILES string of the molecule is CCC(C)(CC(C)(CC(C)(CC(C)(CC(C)(CC(C)(CC(C)(CC(C)(CC(C)(CC(C)(C)C(=O)OC1CC2CCC1C2)C(=O)OC1CC2CCC1C2)C(=O)OC1CC2CCC1C2)C(=O)OC1CC2CCC1C2)C(=O)OC1CC2CCC1C2)C(=O)OC1CC2CCC1C2)C(=O)OC1CC2CCC1C2)C(=O)OC1CC2CCC1C2)C(=O)OC1CC2CCC1C2)C(=O)OC1CC2CCC1C2. The molecule has 0 saturated heterocycles. The summed E-state index contributed by atoms with van der Waals surface area (Å²) in [6, 6.07) is 0. The first kappa shape index (κ1) is 94.3. The van der Waals surface area contributed by atoms with E-state index < -0.39 is 144 Å². The maximum absolute atomic E-state index is 17.4. The van der Waals surface area contributed by atoms with Gasteiger partial charge in [-0.15, -0.1) is 0 Å². The van der Waals surface area contributed by atoms with Crippen LogP contribution in [0.15, 0.2) is 0 Å². The molecule has 20 bridgehead atoms. The van der Waals surface area contributed by atoms with E-state index in [1.807, 2.05) is 83.1 Å². The largest absolute Gasteiger partial charge is 0.462 e. The van der Waals surface area contributed by atoms with Crippen LogP contribution in [0, 0.1) is 173 Å². The second-order valence-electron chi connectivity index (χ2n) is 54.1. The zero-order chi connectivity index (χ0) is 92.5. The summed E-state index contributed by atoms with van der Waals surface area (Å²) >= 11 is 0. The van der Waals surface area contributed by atoms with Crippen LogP contribution in [-0.4, -0.2) is 121 Å². The van der Waals surface area contributed by atoms with Crippen molar-refractivity contribution < 1.29 is 95.3 Å². The standard InChI is InChI=1S/C112H166O20/c1-13-104(4,94(114)124-84-45-64-15-25-74(84)35-64)55-106(6,96(116)126-86-47-66-17-27-76(86)37-66)57-108(8,98(118)128-88-49-68-19-29-78(88)39-68)59-110(10,100(120)130-90-51-70-21-31-80(90)41-70)61-112(12,102(122)132-92-53-72-23-33-82(92)43-72)62-111(11,101(121)131-91-52-71-22-32-81(91)42-71)60-109(9,99(119)129-89-50-69-20-30-79(89)40-69)58-107(7,97(117)127-87-48-67-18-28-77(87)38-67)56-105(5,95(115)125-85-46-65-16-26-75(85)36-65)54-103(2,3)93(113)123-83-44-63-14-24-73(83)34-63/h63-92H,13-62H2,1-12H3. The molecule has 0 aliphatic heterocycles. The monoisotopic (exact) mass is 1830 g/mol. The summed E-state index contributed by atoms with van der Waals surface area (Å²) in [7, 11) is 0. The highest BCUT2D eigenvalue weighted by Crippen LogP contribution is 2.64. The molecule has 0 heterocycles. The van der Waals surface area contributed by atoms with Gasteiger partial charge in [-0.1, -0.05) is 6.92 Å². The van der Waals surface area contributed by atoms with Crippen molar-refractivity contribution >= 4 is 59.7 Å². The number of hydrogen-bond donors (Lipinski definition) is 0. The minimum absolute atomic E-state index is 0.0322. The van der Waals surface area contributed by atoms with Crippen LogP contribution in [0.5, 0.6) is 0 Å². The van der Waals surface area contributed by atoms with Gasteiger partial charge in [-0.05, 0) is 516 Å². The van der Waals surface area contributed by atoms with Gasteiger partial charge in [0.2, 0.25) is 0 Å². The fraction of sp³-hybridized carbons (Fsp3) is 0.911. The van der Waals surface area contributed by atoms with Crippen LogP contribution in [-0.2, 0) is 95.3 Å². The Balaban J connectivity index is 0.708. The predicted molar refractivity (Wildman–Crippen MR) is 492 cm³/mol. The van der Waals surface area contributed by atoms with E-state index in [1.54, 1.807) is 0 Å². The molecule has 734 valence electrons. The molecule has 20 aliphatic rings. The van der Waals surface area contributed by atoms with Gasteiger partial charge < -0.3 is 47.4 Å². The van der Waals surface area contributed by atoms with Crippen molar-refractivity contribution in [1.29, 1.82) is 0 Å². The summed E-state index contributed by atoms with van der Waals surface area (Å²) < 4.78 is 70.2. The van der Waals surface area contributed by atoms with Gasteiger partial charge in [0.15, 0.2) is 0 Å². The van der Waals surface area contributed by atoms with E-state index in [0.29, 0.717) is 104 Å². The van der Waals surface area contributed by atoms with Crippen LogP contribution in [0.1, 0.15) is 404 Å². The van der Waals surface area contributed by atoms with Gasteiger partial charge in [0.1, 0.15) is 61.0 Å². The Bertz CT molecular complexity index is 4400. The van der Waals surface area contributed by atoms with Crippen molar-refractivity contribution in [2.24, 2.45) is 173 Å². The lowest BCUT2D eigenvalue weighted by Crippen LogP contribution is -2.53. The summed E-state index contributed by atoms with van der Waals surface area (Å²) in [4.78, 5) is 167. The zero-order valence-electron chi connectivity index (χ0n) is 82.8. The lowest BCUT2D eigenvalue weighted by molar-refractivity contribution is -0.185. The number of carbonyl (C=O) groups is 10. The molecule has 39 atom stereocenters. The van der Waals surface area contributed by atoms with Gasteiger partial charge in [-0.2, -0.15) is 0 Å². The summed E-state index contributed by atoms with van der Waals surface area (Å²) in [5.74, 6) is -0.000588. The van der Waals surface area contributed by atoms with Crippen LogP contribution in [0.2, 0.25) is 0 Å². The highest BCUT2D eigenvalue weighted by atomic mass is 16.6. The van der Waals surface area contributed by atoms with Crippen molar-refractivity contribution in [3.05, 3.63) is 0 Å². The maximum Gasteiger partial charge on any atom is 0.312 e. The summed E-state index contributed by atoms with van der Waals surface area (Å²) in [5.41, 5.74) is -16.7. The van der Waals surface area contributed by atoms with Gasteiger partial charge in [0.25, 0.3) is 0 Å². The molecular formula is C112H166O20. The second kappa shape index (κ2) is 35.5. The minimum Gasteiger partial charge on any atom is -0.462 e. The molecule has 0 aromatic rings. The quantitative estimate of drug-likeness (QED) is 0.0409. The van der Waals surface area contributed by atoms with E-state index in [9.17, 15) is 0 Å². The van der Waals surface area contributed by atoms with E-state index >= 15 is 47.9 Å². The Labute approximate surface area is 788 Å². The number of rotatable bonds is 39. The van der Waals surface area contributed by atoms with E-state index in [0.717, 1.165) is 218 Å². The molecule has 0 aromatic carbocycles. The fourth-order valence-electron chi connectivity index (χ4n) is 36.1. The molecule has 0 amide bonds. The first-order valence-corrected chi connectivity index (χ1v) is 54.7. The Morgan fingerprint density at radius 2 is 0.288 bits per heavy atom. The second-order valence-corrected chi connectivity index (χ2v) is 54.1. The highest BCUT2D eigenvalue weighted by Gasteiger charge is 2.66. The van der Waals surface area contributed by atoms with Crippen molar-refractivity contribution in [3.8, 4) is 0 Å².